The molecule has 2 aromatic heterocycles. The van der Waals surface area contributed by atoms with E-state index in [0.717, 1.165) is 15.8 Å². The molecule has 8 nitrogen and oxygen atoms in total. The molecule has 0 spiro atoms. The molecule has 0 aliphatic heterocycles. The van der Waals surface area contributed by atoms with Crippen molar-refractivity contribution in [3.8, 4) is 0 Å². The Balaban J connectivity index is 1.41. The molecule has 0 radical (unpaired) electrons. The number of carbonyl (C=O) groups is 2. The Morgan fingerprint density at radius 3 is 2.79 bits per heavy atom. The molecule has 0 bridgehead atoms. The highest BCUT2D eigenvalue weighted by Crippen LogP contribution is 2.26. The van der Waals surface area contributed by atoms with Crippen molar-refractivity contribution >= 4 is 50.3 Å². The predicted octanol–water partition coefficient (Wildman–Crippen LogP) is 4.60. The lowest BCUT2D eigenvalue weighted by molar-refractivity contribution is -0.113. The second-order valence-electron chi connectivity index (χ2n) is 7.63. The van der Waals surface area contributed by atoms with Crippen LogP contribution in [0.25, 0.3) is 10.2 Å². The summed E-state index contributed by atoms with van der Waals surface area (Å²) in [6.45, 7) is 8.06. The maximum Gasteiger partial charge on any atom is 0.251 e. The first kappa shape index (κ1) is 23.7. The summed E-state index contributed by atoms with van der Waals surface area (Å²) in [4.78, 5) is 29.6. The van der Waals surface area contributed by atoms with Gasteiger partial charge in [0.2, 0.25) is 5.91 Å². The number of carbonyl (C=O) groups excluding carboxylic acids is 2. The van der Waals surface area contributed by atoms with Crippen LogP contribution in [0, 0.1) is 6.92 Å². The molecule has 2 aromatic carbocycles. The normalized spacial score (nSPS) is 11.8. The minimum atomic E-state index is -0.383. The van der Waals surface area contributed by atoms with E-state index >= 15 is 0 Å². The smallest absolute Gasteiger partial charge is 0.251 e. The van der Waals surface area contributed by atoms with Gasteiger partial charge in [-0.1, -0.05) is 59.0 Å². The summed E-state index contributed by atoms with van der Waals surface area (Å²) >= 11 is 2.70. The van der Waals surface area contributed by atoms with E-state index in [1.54, 1.807) is 12.1 Å². The Morgan fingerprint density at radius 2 is 2.03 bits per heavy atom. The number of fused-ring (bicyclic) bond motifs is 1. The second-order valence-corrected chi connectivity index (χ2v) is 9.60. The van der Waals surface area contributed by atoms with E-state index in [0.29, 0.717) is 28.2 Å². The number of allylic oxidation sites excluding steroid dienone is 1. The zero-order valence-electron chi connectivity index (χ0n) is 18.8. The van der Waals surface area contributed by atoms with E-state index in [9.17, 15) is 9.59 Å². The summed E-state index contributed by atoms with van der Waals surface area (Å²) in [5, 5.41) is 15.5. The number of rotatable bonds is 9. The summed E-state index contributed by atoms with van der Waals surface area (Å²) in [6, 6.07) is 14.8. The SMILES string of the molecule is C=CCn1c(SCC(=O)Nc2nc3ccccc3s2)nnc1[C@H](C)NC(=O)c1cccc(C)c1. The molecule has 4 aromatic rings. The van der Waals surface area contributed by atoms with Crippen molar-refractivity contribution in [1.82, 2.24) is 25.1 Å². The highest BCUT2D eigenvalue weighted by Gasteiger charge is 2.20. The van der Waals surface area contributed by atoms with Crippen LogP contribution in [-0.4, -0.2) is 37.3 Å². The fraction of sp³-hybridized carbons (Fsp3) is 0.208. The van der Waals surface area contributed by atoms with Crippen LogP contribution in [0.4, 0.5) is 5.13 Å². The van der Waals surface area contributed by atoms with Gasteiger partial charge in [0.05, 0.1) is 22.0 Å². The van der Waals surface area contributed by atoms with Gasteiger partial charge in [0.15, 0.2) is 16.1 Å². The maximum atomic E-state index is 12.7. The molecular weight excluding hydrogens is 468 g/mol. The van der Waals surface area contributed by atoms with Crippen molar-refractivity contribution < 1.29 is 9.59 Å². The standard InChI is InChI=1S/C24H24N6O2S2/c1-4-12-30-21(16(3)25-22(32)17-9-7-8-15(2)13-17)28-29-24(30)33-14-20(31)27-23-26-18-10-5-6-11-19(18)34-23/h4-11,13,16H,1,12,14H2,2-3H3,(H,25,32)(H,26,27,31)/t16-/m0/s1. The van der Waals surface area contributed by atoms with Crippen LogP contribution in [0.1, 0.15) is 34.7 Å². The van der Waals surface area contributed by atoms with Gasteiger partial charge in [-0.3, -0.25) is 9.59 Å². The minimum Gasteiger partial charge on any atom is -0.342 e. The number of para-hydroxylation sites is 1. The number of aromatic nitrogens is 4. The zero-order valence-corrected chi connectivity index (χ0v) is 20.4. The van der Waals surface area contributed by atoms with Crippen LogP contribution in [0.3, 0.4) is 0 Å². The number of amides is 2. The summed E-state index contributed by atoms with van der Waals surface area (Å²) in [6.07, 6.45) is 1.73. The van der Waals surface area contributed by atoms with Crippen molar-refractivity contribution in [3.63, 3.8) is 0 Å². The molecule has 1 atom stereocenters. The van der Waals surface area contributed by atoms with E-state index < -0.39 is 0 Å². The molecule has 2 N–H and O–H groups in total. The van der Waals surface area contributed by atoms with Gasteiger partial charge in [-0.15, -0.1) is 16.8 Å². The second kappa shape index (κ2) is 10.6. The lowest BCUT2D eigenvalue weighted by atomic mass is 10.1. The number of aryl methyl sites for hydroxylation is 1. The molecule has 2 amide bonds. The minimum absolute atomic E-state index is 0.148. The number of hydrogen-bond donors (Lipinski definition) is 2. The average molecular weight is 493 g/mol. The Bertz CT molecular complexity index is 1310. The molecular formula is C24H24N6O2S2. The molecule has 2 heterocycles. The molecule has 0 unspecified atom stereocenters. The summed E-state index contributed by atoms with van der Waals surface area (Å²) in [5.41, 5.74) is 2.45. The lowest BCUT2D eigenvalue weighted by Gasteiger charge is -2.15. The van der Waals surface area contributed by atoms with Crippen LogP contribution in [0.5, 0.6) is 0 Å². The number of hydrogen-bond acceptors (Lipinski definition) is 7. The summed E-state index contributed by atoms with van der Waals surface area (Å²) < 4.78 is 2.87. The van der Waals surface area contributed by atoms with E-state index in [4.69, 9.17) is 0 Å². The lowest BCUT2D eigenvalue weighted by Crippen LogP contribution is -2.28. The van der Waals surface area contributed by atoms with E-state index in [1.165, 1.54) is 23.1 Å². The Morgan fingerprint density at radius 1 is 1.21 bits per heavy atom. The van der Waals surface area contributed by atoms with Gasteiger partial charge < -0.3 is 15.2 Å². The quantitative estimate of drug-likeness (QED) is 0.261. The topological polar surface area (TPSA) is 102 Å². The molecule has 0 aliphatic rings. The van der Waals surface area contributed by atoms with Crippen LogP contribution in [0.2, 0.25) is 0 Å². The van der Waals surface area contributed by atoms with Gasteiger partial charge in [0.1, 0.15) is 0 Å². The van der Waals surface area contributed by atoms with Crippen molar-refractivity contribution in [2.24, 2.45) is 0 Å². The van der Waals surface area contributed by atoms with E-state index in [2.05, 4.69) is 32.4 Å². The highest BCUT2D eigenvalue weighted by atomic mass is 32.2. The molecule has 10 heteroatoms. The van der Waals surface area contributed by atoms with Crippen molar-refractivity contribution in [2.75, 3.05) is 11.1 Å². The van der Waals surface area contributed by atoms with Crippen molar-refractivity contribution in [3.05, 3.63) is 78.1 Å². The summed E-state index contributed by atoms with van der Waals surface area (Å²) in [5.74, 6) is 0.373. The number of thioether (sulfide) groups is 1. The Kier molecular flexibility index (Phi) is 7.39. The first-order valence-electron chi connectivity index (χ1n) is 10.6. The van der Waals surface area contributed by atoms with E-state index in [-0.39, 0.29) is 23.6 Å². The molecule has 4 rings (SSSR count). The van der Waals surface area contributed by atoms with Gasteiger partial charge in [-0.05, 0) is 38.1 Å². The first-order valence-corrected chi connectivity index (χ1v) is 12.4. The molecule has 0 saturated carbocycles. The van der Waals surface area contributed by atoms with Crippen LogP contribution in [-0.2, 0) is 11.3 Å². The predicted molar refractivity (Wildman–Crippen MR) is 136 cm³/mol. The summed E-state index contributed by atoms with van der Waals surface area (Å²) in [7, 11) is 0. The monoisotopic (exact) mass is 492 g/mol. The van der Waals surface area contributed by atoms with Crippen molar-refractivity contribution in [2.45, 2.75) is 31.6 Å². The molecule has 0 saturated heterocycles. The molecule has 174 valence electrons. The number of nitrogens with one attached hydrogen (secondary N) is 2. The molecule has 0 fully saturated rings. The maximum absolute atomic E-state index is 12.7. The number of anilines is 1. The fourth-order valence-electron chi connectivity index (χ4n) is 3.37. The van der Waals surface area contributed by atoms with Gasteiger partial charge in [0, 0.05) is 12.1 Å². The average Bonchev–Trinajstić information content (AvgIpc) is 3.41. The van der Waals surface area contributed by atoms with Gasteiger partial charge in [-0.2, -0.15) is 0 Å². The zero-order chi connectivity index (χ0) is 24.1. The fourth-order valence-corrected chi connectivity index (χ4v) is 5.01. The van der Waals surface area contributed by atoms with E-state index in [1.807, 2.05) is 60.9 Å². The van der Waals surface area contributed by atoms with Crippen LogP contribution in [0.15, 0.2) is 66.3 Å². The van der Waals surface area contributed by atoms with Crippen LogP contribution < -0.4 is 10.6 Å². The van der Waals surface area contributed by atoms with Crippen LogP contribution >= 0.6 is 23.1 Å². The number of benzene rings is 2. The van der Waals surface area contributed by atoms with Gasteiger partial charge in [-0.25, -0.2) is 4.98 Å². The third-order valence-corrected chi connectivity index (χ3v) is 6.86. The van der Waals surface area contributed by atoms with Crippen molar-refractivity contribution in [1.29, 1.82) is 0 Å². The third-order valence-electron chi connectivity index (χ3n) is 4.94. The van der Waals surface area contributed by atoms with Gasteiger partial charge >= 0.3 is 0 Å². The number of thiazole rings is 1. The molecule has 34 heavy (non-hydrogen) atoms. The molecule has 0 aliphatic carbocycles. The van der Waals surface area contributed by atoms with Gasteiger partial charge in [0.25, 0.3) is 5.91 Å². The Labute approximate surface area is 205 Å². The first-order chi connectivity index (χ1) is 16.4. The Hall–Kier alpha value is -3.50. The third kappa shape index (κ3) is 5.52. The number of nitrogens with zero attached hydrogens (tertiary/aromatic N) is 4. The largest absolute Gasteiger partial charge is 0.342 e. The highest BCUT2D eigenvalue weighted by molar-refractivity contribution is 7.99.